The van der Waals surface area contributed by atoms with E-state index < -0.39 is 11.9 Å². The van der Waals surface area contributed by atoms with Crippen LogP contribution in [-0.4, -0.2) is 84.5 Å². The maximum Gasteiger partial charge on any atom is 0.328 e. The van der Waals surface area contributed by atoms with Gasteiger partial charge < -0.3 is 34.9 Å². The molecule has 0 amide bonds. The van der Waals surface area contributed by atoms with E-state index in [0.29, 0.717) is 43.2 Å². The number of quaternary nitrogens is 1. The average molecular weight is 396 g/mol. The Morgan fingerprint density at radius 2 is 1.64 bits per heavy atom. The number of nitrogens with zero attached hydrogens (tertiary/aromatic N) is 5. The zero-order valence-electron chi connectivity index (χ0n) is 15.3. The molecule has 28 heavy (non-hydrogen) atoms. The van der Waals surface area contributed by atoms with Crippen LogP contribution in [0.1, 0.15) is 0 Å². The lowest BCUT2D eigenvalue weighted by atomic mass is 10.4. The summed E-state index contributed by atoms with van der Waals surface area (Å²) in [5.74, 6) is 4.44. The summed E-state index contributed by atoms with van der Waals surface area (Å²) in [7, 11) is 0. The number of nitrogens with one attached hydrogen (secondary N) is 1. The lowest BCUT2D eigenvalue weighted by molar-refractivity contribution is -0.655. The number of carboxylic acids is 2. The van der Waals surface area contributed by atoms with E-state index in [-0.39, 0.29) is 0 Å². The number of carbonyl (C=O) groups excluding carboxylic acids is 1. The number of nitrogens with two attached hydrogens (primary N) is 2. The Labute approximate surface area is 161 Å². The Hall–Kier alpha value is -3.03. The highest BCUT2D eigenvalue weighted by molar-refractivity contribution is 5.88. The molecule has 0 aliphatic carbocycles. The number of ether oxygens (including phenoxy) is 1. The van der Waals surface area contributed by atoms with E-state index in [1.807, 2.05) is 0 Å². The molecule has 13 nitrogen and oxygen atoms in total. The lowest BCUT2D eigenvalue weighted by Crippen LogP contribution is -2.89. The minimum atomic E-state index is -1.51. The standard InChI is InChI=1S/C11H20N8O.C4H4O4/c12-17-9-14-10(18-3-1-13-2-4-18)16-11(15-9)19-5-7-20-8-6-19;5-3(6)1-2-4(7)8/h13H,1-8,12H2,(H,14,15,16,17);1-2H,(H,5,6)(H,7,8)/b;2-1+. The molecule has 0 aromatic carbocycles. The minimum absolute atomic E-state index is 0.408. The lowest BCUT2D eigenvalue weighted by Gasteiger charge is -2.29. The van der Waals surface area contributed by atoms with Gasteiger partial charge in [-0.2, -0.15) is 15.0 Å². The zero-order valence-corrected chi connectivity index (χ0v) is 15.3. The first-order valence-electron chi connectivity index (χ1n) is 8.73. The van der Waals surface area contributed by atoms with Gasteiger partial charge in [-0.15, -0.1) is 0 Å². The summed E-state index contributed by atoms with van der Waals surface area (Å²) in [6.07, 6.45) is 0.942. The fourth-order valence-electron chi connectivity index (χ4n) is 2.55. The summed E-state index contributed by atoms with van der Waals surface area (Å²) in [5, 5.41) is 19.5. The molecule has 1 aromatic rings. The Bertz CT molecular complexity index is 637. The second-order valence-electron chi connectivity index (χ2n) is 5.85. The van der Waals surface area contributed by atoms with Gasteiger partial charge in [0, 0.05) is 19.2 Å². The van der Waals surface area contributed by atoms with Crippen LogP contribution < -0.4 is 31.5 Å². The zero-order chi connectivity index (χ0) is 20.4. The number of carbonyl (C=O) groups is 2. The third-order valence-corrected chi connectivity index (χ3v) is 3.89. The highest BCUT2D eigenvalue weighted by Crippen LogP contribution is 2.17. The summed E-state index contributed by atoms with van der Waals surface area (Å²) in [6, 6.07) is 0. The van der Waals surface area contributed by atoms with E-state index in [4.69, 9.17) is 15.7 Å². The molecule has 0 radical (unpaired) electrons. The second-order valence-corrected chi connectivity index (χ2v) is 5.85. The number of aromatic nitrogens is 3. The van der Waals surface area contributed by atoms with Crippen LogP contribution in [0.2, 0.25) is 0 Å². The molecular formula is C15H24N8O5. The normalized spacial score (nSPS) is 17.0. The van der Waals surface area contributed by atoms with Gasteiger partial charge in [0.05, 0.1) is 45.4 Å². The molecule has 0 saturated carbocycles. The summed E-state index contributed by atoms with van der Waals surface area (Å²) in [4.78, 5) is 36.6. The quantitative estimate of drug-likeness (QED) is 0.214. The Kier molecular flexibility index (Phi) is 8.33. The van der Waals surface area contributed by atoms with Gasteiger partial charge in [0.2, 0.25) is 17.8 Å². The van der Waals surface area contributed by atoms with Crippen LogP contribution >= 0.6 is 0 Å². The minimum Gasteiger partial charge on any atom is -0.545 e. The first-order chi connectivity index (χ1) is 13.5. The van der Waals surface area contributed by atoms with E-state index in [9.17, 15) is 14.7 Å². The molecule has 2 aliphatic rings. The first-order valence-corrected chi connectivity index (χ1v) is 8.73. The number of rotatable bonds is 5. The van der Waals surface area contributed by atoms with Crippen molar-refractivity contribution in [3.8, 4) is 0 Å². The fourth-order valence-corrected chi connectivity index (χ4v) is 2.55. The molecule has 0 bridgehead atoms. The molecule has 154 valence electrons. The molecule has 0 atom stereocenters. The number of anilines is 3. The van der Waals surface area contributed by atoms with Crippen LogP contribution in [0.15, 0.2) is 12.2 Å². The number of nitrogen functional groups attached to an aromatic ring is 1. The van der Waals surface area contributed by atoms with Crippen molar-refractivity contribution in [1.29, 1.82) is 0 Å². The van der Waals surface area contributed by atoms with Crippen molar-refractivity contribution in [2.75, 3.05) is 67.7 Å². The predicted octanol–water partition coefficient (Wildman–Crippen LogP) is -4.25. The van der Waals surface area contributed by atoms with Crippen molar-refractivity contribution >= 4 is 29.8 Å². The molecule has 6 N–H and O–H groups in total. The number of carboxylic acid groups (broad SMARTS) is 2. The third kappa shape index (κ3) is 6.94. The van der Waals surface area contributed by atoms with Crippen molar-refractivity contribution < 1.29 is 29.9 Å². The maximum atomic E-state index is 9.53. The largest absolute Gasteiger partial charge is 0.545 e. The van der Waals surface area contributed by atoms with E-state index in [1.54, 1.807) is 0 Å². The monoisotopic (exact) mass is 396 g/mol. The Morgan fingerprint density at radius 3 is 2.11 bits per heavy atom. The van der Waals surface area contributed by atoms with Crippen molar-refractivity contribution in [2.45, 2.75) is 0 Å². The molecule has 2 aliphatic heterocycles. The average Bonchev–Trinajstić information content (AvgIpc) is 2.73. The van der Waals surface area contributed by atoms with Crippen LogP contribution in [0, 0.1) is 0 Å². The molecule has 0 unspecified atom stereocenters. The van der Waals surface area contributed by atoms with E-state index in [0.717, 1.165) is 39.3 Å². The highest BCUT2D eigenvalue weighted by Gasteiger charge is 2.20. The Balaban J connectivity index is 0.000000300. The number of morpholine rings is 1. The number of hydrogen-bond acceptors (Lipinski definition) is 11. The maximum absolute atomic E-state index is 9.53. The van der Waals surface area contributed by atoms with Crippen molar-refractivity contribution in [2.24, 2.45) is 5.84 Å². The highest BCUT2D eigenvalue weighted by atomic mass is 16.5. The van der Waals surface area contributed by atoms with E-state index in [1.165, 1.54) is 0 Å². The predicted molar refractivity (Wildman–Crippen MR) is 96.3 cm³/mol. The van der Waals surface area contributed by atoms with Gasteiger partial charge in [-0.1, -0.05) is 0 Å². The number of hydrogen-bond donors (Lipinski definition) is 4. The van der Waals surface area contributed by atoms with Crippen LogP contribution in [0.25, 0.3) is 0 Å². The summed E-state index contributed by atoms with van der Waals surface area (Å²) < 4.78 is 5.36. The van der Waals surface area contributed by atoms with Crippen LogP contribution in [0.4, 0.5) is 17.8 Å². The Morgan fingerprint density at radius 1 is 1.07 bits per heavy atom. The second kappa shape index (κ2) is 11.0. The van der Waals surface area contributed by atoms with Gasteiger partial charge in [-0.05, 0) is 6.08 Å². The summed E-state index contributed by atoms with van der Waals surface area (Å²) in [6.45, 7) is 6.99. The third-order valence-electron chi connectivity index (χ3n) is 3.89. The van der Waals surface area contributed by atoms with Gasteiger partial charge in [0.1, 0.15) is 0 Å². The topological polar surface area (TPSA) is 186 Å². The molecule has 13 heteroatoms. The molecule has 2 fully saturated rings. The van der Waals surface area contributed by atoms with Crippen molar-refractivity contribution in [3.05, 3.63) is 12.2 Å². The van der Waals surface area contributed by atoms with Crippen LogP contribution in [-0.2, 0) is 14.3 Å². The van der Waals surface area contributed by atoms with Crippen molar-refractivity contribution in [1.82, 2.24) is 15.0 Å². The molecule has 3 heterocycles. The molecule has 2 saturated heterocycles. The smallest absolute Gasteiger partial charge is 0.328 e. The SMILES string of the molecule is NNc1nc(N2CC[NH2+]CC2)nc(N2CCOCC2)n1.O=C([O-])/C=C/C(=O)O. The van der Waals surface area contributed by atoms with Crippen LogP contribution in [0.5, 0.6) is 0 Å². The van der Waals surface area contributed by atoms with Gasteiger partial charge in [0.15, 0.2) is 0 Å². The molecular weight excluding hydrogens is 372 g/mol. The van der Waals surface area contributed by atoms with Gasteiger partial charge in [-0.3, -0.25) is 5.43 Å². The van der Waals surface area contributed by atoms with Gasteiger partial charge >= 0.3 is 5.97 Å². The first kappa shape index (κ1) is 21.3. The molecule has 0 spiro atoms. The van der Waals surface area contributed by atoms with Gasteiger partial charge in [-0.25, -0.2) is 10.6 Å². The summed E-state index contributed by atoms with van der Waals surface area (Å²) >= 11 is 0. The number of aliphatic carboxylic acids is 2. The van der Waals surface area contributed by atoms with Crippen molar-refractivity contribution in [3.63, 3.8) is 0 Å². The van der Waals surface area contributed by atoms with E-state index >= 15 is 0 Å². The number of piperazine rings is 1. The van der Waals surface area contributed by atoms with E-state index in [2.05, 4.69) is 35.5 Å². The summed E-state index contributed by atoms with van der Waals surface area (Å²) in [5.41, 5.74) is 2.53. The fraction of sp³-hybridized carbons (Fsp3) is 0.533. The van der Waals surface area contributed by atoms with Gasteiger partial charge in [0.25, 0.3) is 0 Å². The molecule has 1 aromatic heterocycles. The number of hydrazine groups is 1. The molecule has 3 rings (SSSR count). The van der Waals surface area contributed by atoms with Crippen LogP contribution in [0.3, 0.4) is 0 Å².